The molecular formula is C19H28N2O5. The zero-order valence-corrected chi connectivity index (χ0v) is 15.5. The summed E-state index contributed by atoms with van der Waals surface area (Å²) in [4.78, 5) is 24.8. The van der Waals surface area contributed by atoms with Crippen LogP contribution in [-0.4, -0.2) is 55.4 Å². The van der Waals surface area contributed by atoms with E-state index in [0.717, 1.165) is 24.2 Å². The molecule has 0 saturated carbocycles. The highest BCUT2D eigenvalue weighted by molar-refractivity contribution is 5.75. The second-order valence-corrected chi connectivity index (χ2v) is 6.35. The lowest BCUT2D eigenvalue weighted by Crippen LogP contribution is -2.45. The summed E-state index contributed by atoms with van der Waals surface area (Å²) >= 11 is 0. The average molecular weight is 364 g/mol. The van der Waals surface area contributed by atoms with Crippen LogP contribution in [0, 0.1) is 5.92 Å². The number of carboxylic acids is 1. The van der Waals surface area contributed by atoms with Gasteiger partial charge in [-0.1, -0.05) is 6.07 Å². The molecule has 26 heavy (non-hydrogen) atoms. The highest BCUT2D eigenvalue weighted by atomic mass is 16.5. The van der Waals surface area contributed by atoms with E-state index in [0.29, 0.717) is 44.8 Å². The number of nitrogens with one attached hydrogen (secondary N) is 1. The van der Waals surface area contributed by atoms with Gasteiger partial charge in [-0.25, -0.2) is 4.79 Å². The molecule has 0 spiro atoms. The maximum absolute atomic E-state index is 12.1. The summed E-state index contributed by atoms with van der Waals surface area (Å²) in [6.45, 7) is 4.08. The van der Waals surface area contributed by atoms with Crippen LogP contribution in [0.2, 0.25) is 0 Å². The fourth-order valence-electron chi connectivity index (χ4n) is 3.07. The van der Waals surface area contributed by atoms with Crippen molar-refractivity contribution in [3.63, 3.8) is 0 Å². The smallest absolute Gasteiger partial charge is 0.317 e. The predicted octanol–water partition coefficient (Wildman–Crippen LogP) is 2.53. The average Bonchev–Trinajstić information content (AvgIpc) is 2.65. The molecule has 1 heterocycles. The van der Waals surface area contributed by atoms with Crippen LogP contribution < -0.4 is 14.8 Å². The number of aliphatic carboxylic acids is 1. The standard InChI is InChI=1S/C19H28N2O5/c1-3-26-17-13-14(6-7-16(17)25-2)5-4-10-20-19(24)21-11-8-15(9-12-21)18(22)23/h6-7,13,15H,3-5,8-12H2,1-2H3,(H,20,24)(H,22,23). The number of carboxylic acid groups (broad SMARTS) is 1. The van der Waals surface area contributed by atoms with Gasteiger partial charge in [0.2, 0.25) is 0 Å². The molecule has 2 rings (SSSR count). The molecule has 7 nitrogen and oxygen atoms in total. The molecule has 1 aromatic carbocycles. The minimum absolute atomic E-state index is 0.112. The van der Waals surface area contributed by atoms with Crippen LogP contribution in [0.1, 0.15) is 31.7 Å². The van der Waals surface area contributed by atoms with Gasteiger partial charge in [0.15, 0.2) is 11.5 Å². The van der Waals surface area contributed by atoms with E-state index in [4.69, 9.17) is 14.6 Å². The van der Waals surface area contributed by atoms with Crippen LogP contribution in [0.25, 0.3) is 0 Å². The first-order chi connectivity index (χ1) is 12.5. The highest BCUT2D eigenvalue weighted by Gasteiger charge is 2.26. The summed E-state index contributed by atoms with van der Waals surface area (Å²) in [5.74, 6) is 0.358. The first-order valence-electron chi connectivity index (χ1n) is 9.10. The third-order valence-corrected chi connectivity index (χ3v) is 4.58. The quantitative estimate of drug-likeness (QED) is 0.692. The van der Waals surface area contributed by atoms with Crippen molar-refractivity contribution in [2.45, 2.75) is 32.6 Å². The van der Waals surface area contributed by atoms with E-state index in [-0.39, 0.29) is 11.9 Å². The van der Waals surface area contributed by atoms with Crippen LogP contribution >= 0.6 is 0 Å². The maximum atomic E-state index is 12.1. The van der Waals surface area contributed by atoms with Crippen LogP contribution in [0.4, 0.5) is 4.79 Å². The number of nitrogens with zero attached hydrogens (tertiary/aromatic N) is 1. The molecular weight excluding hydrogens is 336 g/mol. The molecule has 0 aromatic heterocycles. The number of urea groups is 1. The Morgan fingerprint density at radius 2 is 2.00 bits per heavy atom. The fraction of sp³-hybridized carbons (Fsp3) is 0.579. The second-order valence-electron chi connectivity index (χ2n) is 6.35. The Bertz CT molecular complexity index is 612. The number of methoxy groups -OCH3 is 1. The third kappa shape index (κ3) is 5.54. The molecule has 0 unspecified atom stereocenters. The SMILES string of the molecule is CCOc1cc(CCCNC(=O)N2CCC(C(=O)O)CC2)ccc1OC. The molecule has 7 heteroatoms. The van der Waals surface area contributed by atoms with Gasteiger partial charge in [0.25, 0.3) is 0 Å². The second kappa shape index (κ2) is 9.89. The molecule has 1 fully saturated rings. The normalized spacial score (nSPS) is 14.8. The number of carbonyl (C=O) groups excluding carboxylic acids is 1. The molecule has 1 saturated heterocycles. The van der Waals surface area contributed by atoms with Crippen molar-refractivity contribution in [3.8, 4) is 11.5 Å². The number of amides is 2. The molecule has 2 N–H and O–H groups in total. The Labute approximate surface area is 154 Å². The lowest BCUT2D eigenvalue weighted by Gasteiger charge is -2.30. The zero-order valence-electron chi connectivity index (χ0n) is 15.5. The summed E-state index contributed by atoms with van der Waals surface area (Å²) < 4.78 is 10.8. The van der Waals surface area contributed by atoms with Crippen molar-refractivity contribution >= 4 is 12.0 Å². The summed E-state index contributed by atoms with van der Waals surface area (Å²) in [5.41, 5.74) is 1.13. The Kier molecular flexibility index (Phi) is 7.56. The van der Waals surface area contributed by atoms with Crippen LogP contribution in [-0.2, 0) is 11.2 Å². The third-order valence-electron chi connectivity index (χ3n) is 4.58. The predicted molar refractivity (Wildman–Crippen MR) is 97.8 cm³/mol. The molecule has 1 aliphatic rings. The maximum Gasteiger partial charge on any atom is 0.317 e. The molecule has 1 aromatic rings. The minimum atomic E-state index is -0.768. The summed E-state index contributed by atoms with van der Waals surface area (Å²) in [6.07, 6.45) is 2.68. The molecule has 0 radical (unpaired) electrons. The molecule has 0 aliphatic carbocycles. The van der Waals surface area contributed by atoms with E-state index in [1.165, 1.54) is 0 Å². The van der Waals surface area contributed by atoms with Gasteiger partial charge in [-0.2, -0.15) is 0 Å². The van der Waals surface area contributed by atoms with E-state index in [2.05, 4.69) is 5.32 Å². The monoisotopic (exact) mass is 364 g/mol. The largest absolute Gasteiger partial charge is 0.493 e. The first kappa shape index (κ1) is 19.9. The molecule has 0 atom stereocenters. The Balaban J connectivity index is 1.72. The van der Waals surface area contributed by atoms with E-state index < -0.39 is 5.97 Å². The Morgan fingerprint density at radius 1 is 1.27 bits per heavy atom. The van der Waals surface area contributed by atoms with Crippen molar-refractivity contribution < 1.29 is 24.2 Å². The van der Waals surface area contributed by atoms with Gasteiger partial charge in [-0.05, 0) is 50.3 Å². The summed E-state index contributed by atoms with van der Waals surface area (Å²) in [6, 6.07) is 5.75. The topological polar surface area (TPSA) is 88.1 Å². The van der Waals surface area contributed by atoms with Crippen LogP contribution in [0.3, 0.4) is 0 Å². The number of benzene rings is 1. The van der Waals surface area contributed by atoms with E-state index in [9.17, 15) is 9.59 Å². The van der Waals surface area contributed by atoms with Gasteiger partial charge in [-0.15, -0.1) is 0 Å². The van der Waals surface area contributed by atoms with Gasteiger partial charge in [-0.3, -0.25) is 4.79 Å². The van der Waals surface area contributed by atoms with Crippen molar-refractivity contribution in [1.29, 1.82) is 0 Å². The highest BCUT2D eigenvalue weighted by Crippen LogP contribution is 2.28. The van der Waals surface area contributed by atoms with Gasteiger partial charge in [0.1, 0.15) is 0 Å². The lowest BCUT2D eigenvalue weighted by molar-refractivity contribution is -0.143. The molecule has 144 valence electrons. The summed E-state index contributed by atoms with van der Waals surface area (Å²) in [7, 11) is 1.62. The number of piperidine rings is 1. The lowest BCUT2D eigenvalue weighted by atomic mass is 9.97. The van der Waals surface area contributed by atoms with Gasteiger partial charge < -0.3 is 24.8 Å². The zero-order chi connectivity index (χ0) is 18.9. The minimum Gasteiger partial charge on any atom is -0.493 e. The van der Waals surface area contributed by atoms with E-state index in [1.54, 1.807) is 12.0 Å². The van der Waals surface area contributed by atoms with E-state index in [1.807, 2.05) is 25.1 Å². The van der Waals surface area contributed by atoms with Crippen molar-refractivity contribution in [2.75, 3.05) is 33.4 Å². The summed E-state index contributed by atoms with van der Waals surface area (Å²) in [5, 5.41) is 11.9. The first-order valence-corrected chi connectivity index (χ1v) is 9.10. The van der Waals surface area contributed by atoms with Crippen molar-refractivity contribution in [2.24, 2.45) is 5.92 Å². The van der Waals surface area contributed by atoms with Crippen molar-refractivity contribution in [3.05, 3.63) is 23.8 Å². The number of rotatable bonds is 8. The van der Waals surface area contributed by atoms with Crippen LogP contribution in [0.5, 0.6) is 11.5 Å². The number of ether oxygens (including phenoxy) is 2. The van der Waals surface area contributed by atoms with Gasteiger partial charge in [0.05, 0.1) is 19.6 Å². The van der Waals surface area contributed by atoms with E-state index >= 15 is 0 Å². The fourth-order valence-corrected chi connectivity index (χ4v) is 3.07. The van der Waals surface area contributed by atoms with Gasteiger partial charge >= 0.3 is 12.0 Å². The number of aryl methyl sites for hydroxylation is 1. The number of hydrogen-bond donors (Lipinski definition) is 2. The molecule has 0 bridgehead atoms. The number of hydrogen-bond acceptors (Lipinski definition) is 4. The Hall–Kier alpha value is -2.44. The molecule has 1 aliphatic heterocycles. The van der Waals surface area contributed by atoms with Crippen molar-refractivity contribution in [1.82, 2.24) is 10.2 Å². The van der Waals surface area contributed by atoms with Crippen LogP contribution in [0.15, 0.2) is 18.2 Å². The Morgan fingerprint density at radius 3 is 2.62 bits per heavy atom. The number of likely N-dealkylation sites (tertiary alicyclic amines) is 1. The molecule has 2 amide bonds. The number of carbonyl (C=O) groups is 2. The van der Waals surface area contributed by atoms with Gasteiger partial charge in [0, 0.05) is 19.6 Å².